The molecule has 0 saturated carbocycles. The Balaban J connectivity index is 1.64. The van der Waals surface area contributed by atoms with Crippen molar-refractivity contribution in [1.82, 2.24) is 29.2 Å². The van der Waals surface area contributed by atoms with Crippen molar-refractivity contribution in [2.75, 3.05) is 0 Å². The van der Waals surface area contributed by atoms with Crippen molar-refractivity contribution in [2.45, 2.75) is 13.8 Å². The van der Waals surface area contributed by atoms with Crippen LogP contribution in [0.3, 0.4) is 0 Å². The monoisotopic (exact) mass is 340 g/mol. The predicted molar refractivity (Wildman–Crippen MR) is 99.9 cm³/mol. The van der Waals surface area contributed by atoms with E-state index in [-0.39, 0.29) is 0 Å². The third-order valence-electron chi connectivity index (χ3n) is 4.50. The Kier molecular flexibility index (Phi) is 3.12. The second kappa shape index (κ2) is 5.49. The van der Waals surface area contributed by atoms with Crippen LogP contribution in [0.2, 0.25) is 0 Å². The van der Waals surface area contributed by atoms with E-state index < -0.39 is 0 Å². The first-order chi connectivity index (χ1) is 12.7. The SMILES string of the molecule is Cc1ncc(C)n2nc(-c3ccc4cc(-c5ccccc5)nn4c3)nc12. The van der Waals surface area contributed by atoms with E-state index in [9.17, 15) is 0 Å². The third kappa shape index (κ3) is 2.27. The van der Waals surface area contributed by atoms with Crippen LogP contribution in [0.4, 0.5) is 0 Å². The average molecular weight is 340 g/mol. The highest BCUT2D eigenvalue weighted by Gasteiger charge is 2.12. The zero-order valence-electron chi connectivity index (χ0n) is 14.5. The summed E-state index contributed by atoms with van der Waals surface area (Å²) in [5, 5.41) is 9.34. The molecule has 5 aromatic rings. The topological polar surface area (TPSA) is 60.4 Å². The van der Waals surface area contributed by atoms with Gasteiger partial charge in [0, 0.05) is 23.5 Å². The molecule has 126 valence electrons. The van der Waals surface area contributed by atoms with Crippen LogP contribution in [-0.4, -0.2) is 29.2 Å². The van der Waals surface area contributed by atoms with E-state index in [0.717, 1.165) is 39.4 Å². The fourth-order valence-corrected chi connectivity index (χ4v) is 3.09. The van der Waals surface area contributed by atoms with Gasteiger partial charge in [0.15, 0.2) is 11.5 Å². The van der Waals surface area contributed by atoms with Gasteiger partial charge in [-0.15, -0.1) is 5.10 Å². The molecule has 5 rings (SSSR count). The first-order valence-corrected chi connectivity index (χ1v) is 8.43. The Bertz CT molecular complexity index is 1210. The Morgan fingerprint density at radius 3 is 2.54 bits per heavy atom. The van der Waals surface area contributed by atoms with Crippen LogP contribution in [0.1, 0.15) is 11.4 Å². The van der Waals surface area contributed by atoms with Gasteiger partial charge in [-0.1, -0.05) is 30.3 Å². The van der Waals surface area contributed by atoms with Crippen LogP contribution >= 0.6 is 0 Å². The summed E-state index contributed by atoms with van der Waals surface area (Å²) in [4.78, 5) is 9.02. The molecule has 0 N–H and O–H groups in total. The summed E-state index contributed by atoms with van der Waals surface area (Å²) in [6, 6.07) is 16.3. The minimum atomic E-state index is 0.669. The number of benzene rings is 1. The average Bonchev–Trinajstić information content (AvgIpc) is 3.30. The standard InChI is InChI=1S/C20H16N6/c1-13-11-21-14(2)20-22-19(24-26(13)20)16-8-9-17-10-18(23-25(17)12-16)15-6-4-3-5-7-15/h3-12H,1-2H3. The van der Waals surface area contributed by atoms with Crippen LogP contribution in [0.15, 0.2) is 60.9 Å². The number of hydrogen-bond donors (Lipinski definition) is 0. The molecule has 0 radical (unpaired) electrons. The van der Waals surface area contributed by atoms with Crippen molar-refractivity contribution in [2.24, 2.45) is 0 Å². The number of hydrogen-bond acceptors (Lipinski definition) is 4. The molecule has 0 aliphatic carbocycles. The molecular formula is C20H16N6. The van der Waals surface area contributed by atoms with Gasteiger partial charge in [0.05, 0.1) is 22.6 Å². The zero-order valence-corrected chi connectivity index (χ0v) is 14.5. The lowest BCUT2D eigenvalue weighted by Gasteiger charge is -1.98. The molecule has 6 heteroatoms. The third-order valence-corrected chi connectivity index (χ3v) is 4.50. The minimum Gasteiger partial charge on any atom is -0.256 e. The van der Waals surface area contributed by atoms with Crippen LogP contribution in [0.25, 0.3) is 33.8 Å². The van der Waals surface area contributed by atoms with E-state index in [2.05, 4.69) is 33.3 Å². The summed E-state index contributed by atoms with van der Waals surface area (Å²) in [6.45, 7) is 3.91. The van der Waals surface area contributed by atoms with Gasteiger partial charge >= 0.3 is 0 Å². The highest BCUT2D eigenvalue weighted by atomic mass is 15.3. The van der Waals surface area contributed by atoms with Gasteiger partial charge in [-0.2, -0.15) is 5.10 Å². The molecule has 0 bridgehead atoms. The molecule has 26 heavy (non-hydrogen) atoms. The molecule has 0 aliphatic heterocycles. The Hall–Kier alpha value is -3.54. The number of aryl methyl sites for hydroxylation is 2. The van der Waals surface area contributed by atoms with Crippen molar-refractivity contribution in [3.63, 3.8) is 0 Å². The lowest BCUT2D eigenvalue weighted by Crippen LogP contribution is -1.97. The number of rotatable bonds is 2. The van der Waals surface area contributed by atoms with E-state index in [1.165, 1.54) is 0 Å². The predicted octanol–water partition coefficient (Wildman–Crippen LogP) is 3.72. The fraction of sp³-hybridized carbons (Fsp3) is 0.100. The molecular weight excluding hydrogens is 324 g/mol. The number of fused-ring (bicyclic) bond motifs is 2. The molecule has 1 aromatic carbocycles. The highest BCUT2D eigenvalue weighted by molar-refractivity contribution is 5.68. The van der Waals surface area contributed by atoms with E-state index in [0.29, 0.717) is 5.82 Å². The van der Waals surface area contributed by atoms with Crippen molar-refractivity contribution >= 4 is 11.2 Å². The van der Waals surface area contributed by atoms with E-state index in [1.54, 1.807) is 0 Å². The fourth-order valence-electron chi connectivity index (χ4n) is 3.09. The van der Waals surface area contributed by atoms with Crippen LogP contribution in [0, 0.1) is 13.8 Å². The first kappa shape index (κ1) is 14.8. The first-order valence-electron chi connectivity index (χ1n) is 8.43. The Morgan fingerprint density at radius 1 is 0.885 bits per heavy atom. The van der Waals surface area contributed by atoms with Gasteiger partial charge in [0.2, 0.25) is 0 Å². The van der Waals surface area contributed by atoms with Gasteiger partial charge in [-0.25, -0.2) is 14.0 Å². The number of aromatic nitrogens is 6. The van der Waals surface area contributed by atoms with E-state index >= 15 is 0 Å². The van der Waals surface area contributed by atoms with Crippen LogP contribution < -0.4 is 0 Å². The van der Waals surface area contributed by atoms with Crippen molar-refractivity contribution in [3.8, 4) is 22.6 Å². The molecule has 6 nitrogen and oxygen atoms in total. The molecule has 4 aromatic heterocycles. The molecule has 4 heterocycles. The zero-order chi connectivity index (χ0) is 17.7. The van der Waals surface area contributed by atoms with Crippen LogP contribution in [0.5, 0.6) is 0 Å². The Morgan fingerprint density at radius 2 is 1.73 bits per heavy atom. The van der Waals surface area contributed by atoms with Crippen LogP contribution in [-0.2, 0) is 0 Å². The van der Waals surface area contributed by atoms with Gasteiger partial charge in [0.25, 0.3) is 0 Å². The summed E-state index contributed by atoms with van der Waals surface area (Å²) in [7, 11) is 0. The normalized spacial score (nSPS) is 11.5. The molecule has 0 atom stereocenters. The minimum absolute atomic E-state index is 0.669. The largest absolute Gasteiger partial charge is 0.256 e. The van der Waals surface area contributed by atoms with Crippen molar-refractivity contribution < 1.29 is 0 Å². The summed E-state index contributed by atoms with van der Waals surface area (Å²) in [5.74, 6) is 0.669. The van der Waals surface area contributed by atoms with Gasteiger partial charge in [-0.3, -0.25) is 4.98 Å². The van der Waals surface area contributed by atoms with Gasteiger partial charge in [0.1, 0.15) is 0 Å². The van der Waals surface area contributed by atoms with Crippen molar-refractivity contribution in [1.29, 1.82) is 0 Å². The van der Waals surface area contributed by atoms with Gasteiger partial charge < -0.3 is 0 Å². The second-order valence-corrected chi connectivity index (χ2v) is 6.34. The van der Waals surface area contributed by atoms with Crippen molar-refractivity contribution in [3.05, 3.63) is 72.3 Å². The smallest absolute Gasteiger partial charge is 0.183 e. The molecule has 0 amide bonds. The lowest BCUT2D eigenvalue weighted by atomic mass is 10.1. The highest BCUT2D eigenvalue weighted by Crippen LogP contribution is 2.23. The maximum atomic E-state index is 4.70. The molecule has 0 fully saturated rings. The molecule has 0 saturated heterocycles. The molecule has 0 spiro atoms. The summed E-state index contributed by atoms with van der Waals surface area (Å²) in [5.41, 5.74) is 6.60. The van der Waals surface area contributed by atoms with E-state index in [4.69, 9.17) is 5.10 Å². The Labute approximate surface area is 149 Å². The van der Waals surface area contributed by atoms with Gasteiger partial charge in [-0.05, 0) is 32.0 Å². The quantitative estimate of drug-likeness (QED) is 0.491. The number of nitrogens with zero attached hydrogens (tertiary/aromatic N) is 6. The van der Waals surface area contributed by atoms with E-state index in [1.807, 2.05) is 65.6 Å². The lowest BCUT2D eigenvalue weighted by molar-refractivity contribution is 0.889. The summed E-state index contributed by atoms with van der Waals surface area (Å²) in [6.07, 6.45) is 3.78. The molecule has 0 aliphatic rings. The maximum Gasteiger partial charge on any atom is 0.183 e. The maximum absolute atomic E-state index is 4.70. The molecule has 0 unspecified atom stereocenters. The number of pyridine rings is 1. The summed E-state index contributed by atoms with van der Waals surface area (Å²) < 4.78 is 3.71. The second-order valence-electron chi connectivity index (χ2n) is 6.34. The summed E-state index contributed by atoms with van der Waals surface area (Å²) >= 11 is 0.